The minimum Gasteiger partial charge on any atom is -0.391 e. The normalized spacial score (nSPS) is 21.7. The molecule has 0 spiro atoms. The molecule has 0 amide bonds. The number of anilines is 1. The van der Waals surface area contributed by atoms with Gasteiger partial charge in [0.05, 0.1) is 5.00 Å². The van der Waals surface area contributed by atoms with Crippen LogP contribution in [-0.2, 0) is 0 Å². The van der Waals surface area contributed by atoms with Crippen LogP contribution < -0.4 is 15.5 Å². The lowest BCUT2D eigenvalue weighted by molar-refractivity contribution is 0.803. The van der Waals surface area contributed by atoms with Crippen molar-refractivity contribution in [2.24, 2.45) is 5.92 Å². The third-order valence-corrected chi connectivity index (χ3v) is 2.90. The van der Waals surface area contributed by atoms with Gasteiger partial charge < -0.3 is 5.73 Å². The molecule has 0 aromatic carbocycles. The maximum atomic E-state index is 5.68. The zero-order valence-corrected chi connectivity index (χ0v) is 7.32. The van der Waals surface area contributed by atoms with E-state index >= 15 is 0 Å². The molecule has 11 heavy (non-hydrogen) atoms. The lowest BCUT2D eigenvalue weighted by Crippen LogP contribution is -2.22. The molecule has 1 nitrogen and oxygen atoms in total. The Morgan fingerprint density at radius 2 is 2.45 bits per heavy atom. The molecule has 0 radical (unpaired) electrons. The fourth-order valence-corrected chi connectivity index (χ4v) is 2.37. The van der Waals surface area contributed by atoms with Crippen LogP contribution >= 0.6 is 11.3 Å². The van der Waals surface area contributed by atoms with E-state index in [-0.39, 0.29) is 0 Å². The summed E-state index contributed by atoms with van der Waals surface area (Å²) in [5, 5.41) is 2.25. The highest BCUT2D eigenvalue weighted by Gasteiger charge is 2.02. The van der Waals surface area contributed by atoms with Crippen molar-refractivity contribution in [3.05, 3.63) is 15.8 Å². The van der Waals surface area contributed by atoms with Crippen LogP contribution in [0.15, 0.2) is 6.07 Å². The first-order valence-corrected chi connectivity index (χ1v) is 4.65. The van der Waals surface area contributed by atoms with Crippen LogP contribution in [0.25, 0.3) is 12.2 Å². The molecule has 0 fully saturated rings. The van der Waals surface area contributed by atoms with Gasteiger partial charge in [0.15, 0.2) is 0 Å². The maximum Gasteiger partial charge on any atom is 0.0868 e. The van der Waals surface area contributed by atoms with Gasteiger partial charge in [0.25, 0.3) is 0 Å². The van der Waals surface area contributed by atoms with Crippen molar-refractivity contribution in [1.29, 1.82) is 0 Å². The third kappa shape index (κ3) is 1.18. The molecule has 58 valence electrons. The van der Waals surface area contributed by atoms with Crippen molar-refractivity contribution < 1.29 is 0 Å². The number of thiophene rings is 1. The molecular weight excluding hydrogens is 154 g/mol. The highest BCUT2D eigenvalue weighted by Crippen LogP contribution is 2.10. The third-order valence-electron chi connectivity index (χ3n) is 1.96. The Balaban J connectivity index is 2.72. The van der Waals surface area contributed by atoms with Crippen LogP contribution in [0, 0.1) is 5.92 Å². The minimum atomic E-state index is 0.681. The zero-order chi connectivity index (χ0) is 7.84. The smallest absolute Gasteiger partial charge is 0.0868 e. The topological polar surface area (TPSA) is 26.0 Å². The van der Waals surface area contributed by atoms with Gasteiger partial charge in [-0.15, -0.1) is 11.3 Å². The number of hydrogen-bond donors (Lipinski definition) is 1. The van der Waals surface area contributed by atoms with E-state index in [1.807, 2.05) is 0 Å². The van der Waals surface area contributed by atoms with Crippen LogP contribution in [-0.4, -0.2) is 0 Å². The first-order chi connectivity index (χ1) is 5.25. The van der Waals surface area contributed by atoms with E-state index in [1.165, 1.54) is 9.75 Å². The van der Waals surface area contributed by atoms with Gasteiger partial charge in [0.2, 0.25) is 0 Å². The predicted octanol–water partition coefficient (Wildman–Crippen LogP) is 0.931. The standard InChI is InChI=1S/C9H11NS/c1-6-2-3-7-5-9(10)11-8(7)4-6/h3-6H,2,10H2,1H3. The molecule has 2 N–H and O–H groups in total. The summed E-state index contributed by atoms with van der Waals surface area (Å²) in [5.41, 5.74) is 5.68. The van der Waals surface area contributed by atoms with Crippen LogP contribution in [0.1, 0.15) is 13.3 Å². The molecule has 1 aromatic heterocycles. The zero-order valence-electron chi connectivity index (χ0n) is 6.50. The van der Waals surface area contributed by atoms with Gasteiger partial charge in [-0.1, -0.05) is 19.1 Å². The summed E-state index contributed by atoms with van der Waals surface area (Å²) < 4.78 is 1.35. The predicted molar refractivity (Wildman–Crippen MR) is 50.7 cm³/mol. The van der Waals surface area contributed by atoms with Gasteiger partial charge >= 0.3 is 0 Å². The molecule has 1 unspecified atom stereocenters. The second-order valence-corrected chi connectivity index (χ2v) is 4.17. The monoisotopic (exact) mass is 165 g/mol. The summed E-state index contributed by atoms with van der Waals surface area (Å²) in [4.78, 5) is 0. The Morgan fingerprint density at radius 3 is 3.27 bits per heavy atom. The van der Waals surface area contributed by atoms with E-state index in [0.29, 0.717) is 5.92 Å². The number of rotatable bonds is 0. The molecular formula is C9H11NS. The minimum absolute atomic E-state index is 0.681. The molecule has 1 heterocycles. The van der Waals surface area contributed by atoms with E-state index in [9.17, 15) is 0 Å². The van der Waals surface area contributed by atoms with E-state index in [1.54, 1.807) is 11.3 Å². The van der Waals surface area contributed by atoms with Crippen LogP contribution in [0.4, 0.5) is 5.00 Å². The van der Waals surface area contributed by atoms with Crippen LogP contribution in [0.5, 0.6) is 0 Å². The van der Waals surface area contributed by atoms with Crippen molar-refractivity contribution >= 4 is 28.5 Å². The largest absolute Gasteiger partial charge is 0.391 e. The van der Waals surface area contributed by atoms with E-state index in [2.05, 4.69) is 25.1 Å². The molecule has 1 aliphatic carbocycles. The van der Waals surface area contributed by atoms with Gasteiger partial charge in [0.1, 0.15) is 0 Å². The number of fused-ring (bicyclic) bond motifs is 1. The van der Waals surface area contributed by atoms with Crippen molar-refractivity contribution in [3.63, 3.8) is 0 Å². The summed E-state index contributed by atoms with van der Waals surface area (Å²) in [6.45, 7) is 2.23. The van der Waals surface area contributed by atoms with Crippen LogP contribution in [0.2, 0.25) is 0 Å². The maximum absolute atomic E-state index is 5.68. The molecule has 0 bridgehead atoms. The fraction of sp³-hybridized carbons (Fsp3) is 0.333. The van der Waals surface area contributed by atoms with Gasteiger partial charge in [-0.25, -0.2) is 0 Å². The Kier molecular flexibility index (Phi) is 1.50. The quantitative estimate of drug-likeness (QED) is 0.608. The molecule has 1 aromatic rings. The first kappa shape index (κ1) is 6.92. The highest BCUT2D eigenvalue weighted by molar-refractivity contribution is 7.13. The number of hydrogen-bond acceptors (Lipinski definition) is 2. The van der Waals surface area contributed by atoms with E-state index in [4.69, 9.17) is 5.73 Å². The molecule has 0 saturated carbocycles. The van der Waals surface area contributed by atoms with E-state index in [0.717, 1.165) is 11.4 Å². The molecule has 2 heteroatoms. The molecule has 1 atom stereocenters. The molecule has 1 aliphatic rings. The Labute approximate surface area is 69.9 Å². The molecule has 0 saturated heterocycles. The lowest BCUT2D eigenvalue weighted by Gasteiger charge is -2.03. The summed E-state index contributed by atoms with van der Waals surface area (Å²) in [5.74, 6) is 0.681. The summed E-state index contributed by atoms with van der Waals surface area (Å²) in [7, 11) is 0. The van der Waals surface area contributed by atoms with Crippen molar-refractivity contribution in [2.75, 3.05) is 5.73 Å². The Hall–Kier alpha value is -0.760. The Bertz CT molecular complexity index is 375. The van der Waals surface area contributed by atoms with Crippen molar-refractivity contribution in [2.45, 2.75) is 13.3 Å². The van der Waals surface area contributed by atoms with Gasteiger partial charge in [-0.2, -0.15) is 0 Å². The van der Waals surface area contributed by atoms with Crippen LogP contribution in [0.3, 0.4) is 0 Å². The summed E-state index contributed by atoms with van der Waals surface area (Å²) >= 11 is 1.68. The average Bonchev–Trinajstić information content (AvgIpc) is 2.27. The number of nitrogens with two attached hydrogens (primary N) is 1. The van der Waals surface area contributed by atoms with Gasteiger partial charge in [-0.3, -0.25) is 0 Å². The van der Waals surface area contributed by atoms with Gasteiger partial charge in [-0.05, 0) is 23.6 Å². The fourth-order valence-electron chi connectivity index (χ4n) is 1.37. The average molecular weight is 165 g/mol. The highest BCUT2D eigenvalue weighted by atomic mass is 32.1. The van der Waals surface area contributed by atoms with Crippen molar-refractivity contribution in [1.82, 2.24) is 0 Å². The molecule has 2 rings (SSSR count). The van der Waals surface area contributed by atoms with E-state index < -0.39 is 0 Å². The number of nitrogen functional groups attached to an aromatic ring is 1. The summed E-state index contributed by atoms with van der Waals surface area (Å²) in [6, 6.07) is 2.06. The van der Waals surface area contributed by atoms with Gasteiger partial charge in [0, 0.05) is 4.53 Å². The SMILES string of the molecule is CC1C=c2sc(N)cc2=CC1. The van der Waals surface area contributed by atoms with Crippen molar-refractivity contribution in [3.8, 4) is 0 Å². The molecule has 0 aliphatic heterocycles. The summed E-state index contributed by atoms with van der Waals surface area (Å²) in [6.07, 6.45) is 5.73. The first-order valence-electron chi connectivity index (χ1n) is 3.83. The lowest BCUT2D eigenvalue weighted by atomic mass is 10.0. The second kappa shape index (κ2) is 2.38. The second-order valence-electron chi connectivity index (χ2n) is 3.05. The Morgan fingerprint density at radius 1 is 1.64 bits per heavy atom.